The number of nitrogens with zero attached hydrogens (tertiary/aromatic N) is 1. The molecule has 7 rings (SSSR count). The molecule has 6 aromatic rings. The maximum atomic E-state index is 3.98. The van der Waals surface area contributed by atoms with Crippen LogP contribution in [0.4, 0.5) is 5.69 Å². The Balaban J connectivity index is 1.17. The Morgan fingerprint density at radius 2 is 1.43 bits per heavy atom. The highest BCUT2D eigenvalue weighted by molar-refractivity contribution is 6.14. The normalized spacial score (nSPS) is 16.2. The Kier molecular flexibility index (Phi) is 9.48. The molecule has 6 aromatic carbocycles. The van der Waals surface area contributed by atoms with Crippen LogP contribution in [-0.2, 0) is 0 Å². The molecule has 1 aliphatic rings. The lowest BCUT2D eigenvalue weighted by molar-refractivity contribution is 0.436. The van der Waals surface area contributed by atoms with Gasteiger partial charge in [-0.3, -0.25) is 0 Å². The maximum Gasteiger partial charge on any atom is 0.0616 e. The van der Waals surface area contributed by atoms with Crippen molar-refractivity contribution in [1.29, 1.82) is 0 Å². The van der Waals surface area contributed by atoms with E-state index in [1.165, 1.54) is 71.7 Å². The maximum absolute atomic E-state index is 3.98. The molecule has 1 aliphatic carbocycles. The second-order valence-corrected chi connectivity index (χ2v) is 14.1. The van der Waals surface area contributed by atoms with E-state index < -0.39 is 0 Å². The molecule has 0 N–H and O–H groups in total. The molecule has 0 aliphatic heterocycles. The molecule has 3 unspecified atom stereocenters. The molecule has 0 saturated heterocycles. The molecule has 0 aromatic heterocycles. The molecule has 0 bridgehead atoms. The van der Waals surface area contributed by atoms with Gasteiger partial charge in [0, 0.05) is 30.1 Å². The molecule has 0 heterocycles. The van der Waals surface area contributed by atoms with Crippen molar-refractivity contribution in [1.82, 2.24) is 0 Å². The summed E-state index contributed by atoms with van der Waals surface area (Å²) >= 11 is 0. The number of rotatable bonds is 10. The first-order valence-electron chi connectivity index (χ1n) is 18.1. The Hall–Kier alpha value is -5.66. The van der Waals surface area contributed by atoms with E-state index in [1.54, 1.807) is 0 Å². The predicted molar refractivity (Wildman–Crippen MR) is 224 cm³/mol. The van der Waals surface area contributed by atoms with Crippen molar-refractivity contribution in [3.8, 4) is 22.3 Å². The van der Waals surface area contributed by atoms with Crippen LogP contribution in [0.25, 0.3) is 55.4 Å². The molecular formula is C50H47N. The Labute approximate surface area is 304 Å². The molecule has 0 spiro atoms. The molecule has 0 fully saturated rings. The second-order valence-electron chi connectivity index (χ2n) is 14.1. The van der Waals surface area contributed by atoms with Crippen LogP contribution in [0.5, 0.6) is 0 Å². The number of allylic oxidation sites excluding steroid dienone is 6. The van der Waals surface area contributed by atoms with Crippen LogP contribution in [-0.4, -0.2) is 12.6 Å². The van der Waals surface area contributed by atoms with Crippen LogP contribution in [0.3, 0.4) is 0 Å². The molecule has 1 heteroatoms. The van der Waals surface area contributed by atoms with E-state index in [-0.39, 0.29) is 11.5 Å². The SMILES string of the molecule is C=C/C=C\C(C)(C(C)/C=C\C=C(/C)c1cccc(-c2ccc3c(c2)c2c(c4ccccc43)C=CC2C)c1)N(C)c1ccccc1-c1ccccc1. The molecule has 51 heavy (non-hydrogen) atoms. The number of likely N-dealkylation sites (N-methyl/N-ethyl adjacent to an activating group) is 1. The predicted octanol–water partition coefficient (Wildman–Crippen LogP) is 13.7. The highest BCUT2D eigenvalue weighted by Gasteiger charge is 2.32. The minimum absolute atomic E-state index is 0.199. The molecule has 252 valence electrons. The zero-order valence-electron chi connectivity index (χ0n) is 30.5. The number of fused-ring (bicyclic) bond motifs is 6. The van der Waals surface area contributed by atoms with Gasteiger partial charge in [-0.15, -0.1) is 0 Å². The first kappa shape index (κ1) is 33.8. The third-order valence-electron chi connectivity index (χ3n) is 11.1. The summed E-state index contributed by atoms with van der Waals surface area (Å²) in [6.07, 6.45) is 17.7. The first-order chi connectivity index (χ1) is 24.8. The zero-order valence-corrected chi connectivity index (χ0v) is 30.5. The van der Waals surface area contributed by atoms with Crippen molar-refractivity contribution in [2.24, 2.45) is 5.92 Å². The van der Waals surface area contributed by atoms with E-state index >= 15 is 0 Å². The average molecular weight is 662 g/mol. The summed E-state index contributed by atoms with van der Waals surface area (Å²) in [4.78, 5) is 2.41. The smallest absolute Gasteiger partial charge is 0.0616 e. The minimum Gasteiger partial charge on any atom is -0.365 e. The standard InChI is InChI=1S/C50H47N/c1-7-8-32-50(5,51(6)48-27-15-14-24-42(48)38-20-10-9-11-21-38)37(4)19-16-18-35(2)39-22-17-23-40(33-39)41-29-31-45-43-25-12-13-26-44(43)46-30-28-36(3)49(46)47(45)34-41/h7-34,36-37H,1H2,2-6H3/b19-16-,32-8-,35-18+. The van der Waals surface area contributed by atoms with Gasteiger partial charge in [0.1, 0.15) is 0 Å². The van der Waals surface area contributed by atoms with Crippen LogP contribution in [0.2, 0.25) is 0 Å². The molecular weight excluding hydrogens is 615 g/mol. The third kappa shape index (κ3) is 6.41. The fourth-order valence-corrected chi connectivity index (χ4v) is 7.75. The van der Waals surface area contributed by atoms with Crippen molar-refractivity contribution in [3.63, 3.8) is 0 Å². The summed E-state index contributed by atoms with van der Waals surface area (Å²) in [5.74, 6) is 0.603. The van der Waals surface area contributed by atoms with Gasteiger partial charge in [-0.2, -0.15) is 0 Å². The minimum atomic E-state index is -0.300. The van der Waals surface area contributed by atoms with E-state index in [4.69, 9.17) is 0 Å². The second kappa shape index (κ2) is 14.3. The van der Waals surface area contributed by atoms with Crippen LogP contribution in [0, 0.1) is 5.92 Å². The number of hydrogen-bond acceptors (Lipinski definition) is 1. The van der Waals surface area contributed by atoms with Crippen molar-refractivity contribution < 1.29 is 0 Å². The van der Waals surface area contributed by atoms with Gasteiger partial charge in [-0.1, -0.05) is 172 Å². The van der Waals surface area contributed by atoms with Gasteiger partial charge in [0.05, 0.1) is 5.54 Å². The third-order valence-corrected chi connectivity index (χ3v) is 11.1. The van der Waals surface area contributed by atoms with Gasteiger partial charge < -0.3 is 4.90 Å². The first-order valence-corrected chi connectivity index (χ1v) is 18.1. The highest BCUT2D eigenvalue weighted by Crippen LogP contribution is 2.43. The molecule has 0 radical (unpaired) electrons. The molecule has 0 amide bonds. The fraction of sp³-hybridized carbons (Fsp3) is 0.160. The zero-order chi connectivity index (χ0) is 35.5. The monoisotopic (exact) mass is 661 g/mol. The fourth-order valence-electron chi connectivity index (χ4n) is 7.75. The van der Waals surface area contributed by atoms with E-state index in [0.717, 1.165) is 0 Å². The number of para-hydroxylation sites is 1. The summed E-state index contributed by atoms with van der Waals surface area (Å²) in [7, 11) is 2.20. The molecule has 0 saturated carbocycles. The quantitative estimate of drug-likeness (QED) is 0.104. The molecule has 3 atom stereocenters. The van der Waals surface area contributed by atoms with E-state index in [0.29, 0.717) is 5.92 Å². The highest BCUT2D eigenvalue weighted by atomic mass is 15.2. The topological polar surface area (TPSA) is 3.24 Å². The molecule has 1 nitrogen and oxygen atoms in total. The Morgan fingerprint density at radius 1 is 0.745 bits per heavy atom. The Morgan fingerprint density at radius 3 is 2.24 bits per heavy atom. The summed E-state index contributed by atoms with van der Waals surface area (Å²) in [6, 6.07) is 44.1. The summed E-state index contributed by atoms with van der Waals surface area (Å²) in [5, 5.41) is 5.37. The van der Waals surface area contributed by atoms with Crippen molar-refractivity contribution in [3.05, 3.63) is 187 Å². The average Bonchev–Trinajstić information content (AvgIpc) is 3.58. The summed E-state index contributed by atoms with van der Waals surface area (Å²) in [5.41, 5.74) is 11.1. The lowest BCUT2D eigenvalue weighted by Gasteiger charge is -2.43. The van der Waals surface area contributed by atoms with Crippen molar-refractivity contribution in [2.45, 2.75) is 39.2 Å². The van der Waals surface area contributed by atoms with Crippen LogP contribution >= 0.6 is 0 Å². The van der Waals surface area contributed by atoms with Crippen molar-refractivity contribution >= 4 is 38.9 Å². The number of anilines is 1. The van der Waals surface area contributed by atoms with Crippen LogP contribution < -0.4 is 4.90 Å². The Bertz CT molecular complexity index is 2350. The number of benzene rings is 6. The van der Waals surface area contributed by atoms with Gasteiger partial charge in [0.15, 0.2) is 0 Å². The van der Waals surface area contributed by atoms with Gasteiger partial charge >= 0.3 is 0 Å². The lowest BCUT2D eigenvalue weighted by atomic mass is 9.83. The van der Waals surface area contributed by atoms with Crippen LogP contribution in [0.15, 0.2) is 170 Å². The van der Waals surface area contributed by atoms with Gasteiger partial charge in [-0.05, 0) is 92.5 Å². The van der Waals surface area contributed by atoms with E-state index in [2.05, 4.69) is 210 Å². The van der Waals surface area contributed by atoms with Gasteiger partial charge in [0.25, 0.3) is 0 Å². The largest absolute Gasteiger partial charge is 0.365 e. The summed E-state index contributed by atoms with van der Waals surface area (Å²) < 4.78 is 0. The van der Waals surface area contributed by atoms with E-state index in [9.17, 15) is 0 Å². The summed E-state index contributed by atoms with van der Waals surface area (Å²) in [6.45, 7) is 13.1. The van der Waals surface area contributed by atoms with Crippen molar-refractivity contribution in [2.75, 3.05) is 11.9 Å². The van der Waals surface area contributed by atoms with Crippen LogP contribution in [0.1, 0.15) is 50.3 Å². The number of hydrogen-bond donors (Lipinski definition) is 0. The lowest BCUT2D eigenvalue weighted by Crippen LogP contribution is -2.47. The van der Waals surface area contributed by atoms with Gasteiger partial charge in [0.2, 0.25) is 0 Å². The van der Waals surface area contributed by atoms with E-state index in [1.807, 2.05) is 6.08 Å². The van der Waals surface area contributed by atoms with Gasteiger partial charge in [-0.25, -0.2) is 0 Å².